The Hall–Kier alpha value is -2.55. The number of rotatable bonds is 5. The summed E-state index contributed by atoms with van der Waals surface area (Å²) in [7, 11) is -2.14. The van der Waals surface area contributed by atoms with Gasteiger partial charge in [-0.25, -0.2) is 10.1 Å². The van der Waals surface area contributed by atoms with E-state index in [-0.39, 0.29) is 6.54 Å². The minimum absolute atomic E-state index is 0.148. The lowest BCUT2D eigenvalue weighted by Crippen LogP contribution is -2.30. The molecule has 0 aliphatic heterocycles. The Morgan fingerprint density at radius 1 is 1.12 bits per heavy atom. The summed E-state index contributed by atoms with van der Waals surface area (Å²) in [4.78, 5) is 8.60. The Bertz CT molecular complexity index is 972. The van der Waals surface area contributed by atoms with Gasteiger partial charge < -0.3 is 4.74 Å². The van der Waals surface area contributed by atoms with Crippen molar-refractivity contribution < 1.29 is 13.2 Å². The van der Waals surface area contributed by atoms with Crippen LogP contribution >= 0.6 is 0 Å². The van der Waals surface area contributed by atoms with Crippen LogP contribution in [-0.4, -0.2) is 25.5 Å². The van der Waals surface area contributed by atoms with Crippen molar-refractivity contribution in [3.05, 3.63) is 54.2 Å². The second-order valence-electron chi connectivity index (χ2n) is 5.15. The largest absolute Gasteiger partial charge is 0.481 e. The van der Waals surface area contributed by atoms with Crippen molar-refractivity contribution in [1.29, 1.82) is 0 Å². The first-order valence-corrected chi connectivity index (χ1v) is 8.67. The molecule has 24 heavy (non-hydrogen) atoms. The van der Waals surface area contributed by atoms with Crippen LogP contribution in [0, 0.1) is 0 Å². The molecule has 124 valence electrons. The fraction of sp³-hybridized carbons (Fsp3) is 0.125. The molecule has 3 rings (SSSR count). The fourth-order valence-corrected chi connectivity index (χ4v) is 2.73. The van der Waals surface area contributed by atoms with Crippen molar-refractivity contribution >= 4 is 21.2 Å². The van der Waals surface area contributed by atoms with Gasteiger partial charge in [0.1, 0.15) is 0 Å². The summed E-state index contributed by atoms with van der Waals surface area (Å²) in [5.74, 6) is 0.511. The Labute approximate surface area is 139 Å². The van der Waals surface area contributed by atoms with Crippen molar-refractivity contribution in [1.82, 2.24) is 14.7 Å². The van der Waals surface area contributed by atoms with Crippen LogP contribution in [0.5, 0.6) is 5.88 Å². The molecule has 0 bridgehead atoms. The van der Waals surface area contributed by atoms with Gasteiger partial charge in [0.05, 0.1) is 7.11 Å². The highest BCUT2D eigenvalue weighted by atomic mass is 32.2. The number of nitrogens with one attached hydrogen (secondary N) is 1. The quantitative estimate of drug-likeness (QED) is 0.731. The van der Waals surface area contributed by atoms with Crippen LogP contribution < -0.4 is 14.6 Å². The highest BCUT2D eigenvalue weighted by molar-refractivity contribution is 7.87. The normalized spacial score (nSPS) is 11.6. The number of hydrogen-bond donors (Lipinski definition) is 2. The number of hydrogen-bond acceptors (Lipinski definition) is 5. The van der Waals surface area contributed by atoms with Crippen molar-refractivity contribution in [2.24, 2.45) is 5.14 Å². The SMILES string of the molecule is COc1ccc2c(-c3ccc(CNS(N)(=O)=O)cc3)ccnc2n1. The van der Waals surface area contributed by atoms with Crippen LogP contribution in [-0.2, 0) is 16.8 Å². The molecule has 2 aromatic heterocycles. The summed E-state index contributed by atoms with van der Waals surface area (Å²) in [6, 6.07) is 13.1. The number of methoxy groups -OCH3 is 1. The predicted molar refractivity (Wildman–Crippen MR) is 91.5 cm³/mol. The van der Waals surface area contributed by atoms with Crippen molar-refractivity contribution in [2.45, 2.75) is 6.54 Å². The maximum absolute atomic E-state index is 10.9. The Morgan fingerprint density at radius 2 is 1.88 bits per heavy atom. The second kappa shape index (κ2) is 6.52. The van der Waals surface area contributed by atoms with Crippen LogP contribution in [0.2, 0.25) is 0 Å². The molecule has 0 fully saturated rings. The van der Waals surface area contributed by atoms with E-state index in [0.29, 0.717) is 11.5 Å². The molecule has 0 unspecified atom stereocenters. The first kappa shape index (κ1) is 16.3. The highest BCUT2D eigenvalue weighted by Gasteiger charge is 2.07. The fourth-order valence-electron chi connectivity index (χ4n) is 2.36. The first-order valence-electron chi connectivity index (χ1n) is 7.13. The lowest BCUT2D eigenvalue weighted by atomic mass is 10.0. The topological polar surface area (TPSA) is 107 Å². The van der Waals surface area contributed by atoms with Gasteiger partial charge in [0, 0.05) is 24.2 Å². The third-order valence-electron chi connectivity index (χ3n) is 3.53. The third kappa shape index (κ3) is 3.67. The van der Waals surface area contributed by atoms with E-state index in [1.54, 1.807) is 19.4 Å². The molecule has 0 saturated heterocycles. The summed E-state index contributed by atoms with van der Waals surface area (Å²) >= 11 is 0. The van der Waals surface area contributed by atoms with E-state index >= 15 is 0 Å². The van der Waals surface area contributed by atoms with Gasteiger partial charge >= 0.3 is 0 Å². The second-order valence-corrected chi connectivity index (χ2v) is 6.53. The monoisotopic (exact) mass is 344 g/mol. The van der Waals surface area contributed by atoms with Gasteiger partial charge in [0.25, 0.3) is 10.2 Å². The molecule has 0 spiro atoms. The zero-order valence-corrected chi connectivity index (χ0v) is 13.7. The molecular formula is C16H16N4O3S. The molecule has 0 atom stereocenters. The third-order valence-corrected chi connectivity index (χ3v) is 4.08. The summed E-state index contributed by atoms with van der Waals surface area (Å²) in [6.45, 7) is 0.148. The minimum atomic E-state index is -3.70. The van der Waals surface area contributed by atoms with Crippen LogP contribution in [0.1, 0.15) is 5.56 Å². The van der Waals surface area contributed by atoms with Gasteiger partial charge in [-0.3, -0.25) is 0 Å². The zero-order valence-electron chi connectivity index (χ0n) is 12.9. The van der Waals surface area contributed by atoms with Gasteiger partial charge in [-0.1, -0.05) is 24.3 Å². The molecule has 0 aliphatic rings. The zero-order chi connectivity index (χ0) is 17.2. The summed E-state index contributed by atoms with van der Waals surface area (Å²) in [5.41, 5.74) is 3.38. The Kier molecular flexibility index (Phi) is 4.43. The molecule has 3 N–H and O–H groups in total. The molecule has 8 heteroatoms. The number of pyridine rings is 2. The van der Waals surface area contributed by atoms with Crippen LogP contribution in [0.4, 0.5) is 0 Å². The number of nitrogens with zero attached hydrogens (tertiary/aromatic N) is 2. The summed E-state index contributed by atoms with van der Waals surface area (Å²) in [5, 5.41) is 5.84. The van der Waals surface area contributed by atoms with Crippen molar-refractivity contribution in [3.63, 3.8) is 0 Å². The molecule has 2 heterocycles. The Balaban J connectivity index is 1.93. The highest BCUT2D eigenvalue weighted by Crippen LogP contribution is 2.28. The molecule has 0 aliphatic carbocycles. The molecule has 0 saturated carbocycles. The maximum atomic E-state index is 10.9. The molecule has 0 radical (unpaired) electrons. The smallest absolute Gasteiger partial charge is 0.274 e. The van der Waals surface area contributed by atoms with Gasteiger partial charge in [0.2, 0.25) is 5.88 Å². The van der Waals surface area contributed by atoms with E-state index in [1.807, 2.05) is 36.4 Å². The maximum Gasteiger partial charge on any atom is 0.274 e. The van der Waals surface area contributed by atoms with E-state index in [1.165, 1.54) is 0 Å². The van der Waals surface area contributed by atoms with Crippen LogP contribution in [0.3, 0.4) is 0 Å². The predicted octanol–water partition coefficient (Wildman–Crippen LogP) is 1.60. The minimum Gasteiger partial charge on any atom is -0.481 e. The number of fused-ring (bicyclic) bond motifs is 1. The number of nitrogens with two attached hydrogens (primary N) is 1. The van der Waals surface area contributed by atoms with E-state index in [4.69, 9.17) is 9.88 Å². The van der Waals surface area contributed by atoms with Gasteiger partial charge in [-0.15, -0.1) is 0 Å². The number of benzene rings is 1. The van der Waals surface area contributed by atoms with Gasteiger partial charge in [-0.05, 0) is 28.8 Å². The van der Waals surface area contributed by atoms with Crippen LogP contribution in [0.15, 0.2) is 48.7 Å². The van der Waals surface area contributed by atoms with E-state index in [2.05, 4.69) is 14.7 Å². The molecule has 0 amide bonds. The van der Waals surface area contributed by atoms with E-state index in [0.717, 1.165) is 22.1 Å². The lowest BCUT2D eigenvalue weighted by Gasteiger charge is -2.08. The Morgan fingerprint density at radius 3 is 2.54 bits per heavy atom. The summed E-state index contributed by atoms with van der Waals surface area (Å²) < 4.78 is 29.2. The standard InChI is InChI=1S/C16H16N4O3S/c1-23-15-7-6-14-13(8-9-18-16(14)20-15)12-4-2-11(3-5-12)10-19-24(17,21)22/h2-9,19H,10H2,1H3,(H2,17,21,22). The first-order chi connectivity index (χ1) is 11.5. The average molecular weight is 344 g/mol. The lowest BCUT2D eigenvalue weighted by molar-refractivity contribution is 0.399. The van der Waals surface area contributed by atoms with E-state index in [9.17, 15) is 8.42 Å². The van der Waals surface area contributed by atoms with Gasteiger partial charge in [-0.2, -0.15) is 18.1 Å². The van der Waals surface area contributed by atoms with Crippen molar-refractivity contribution in [2.75, 3.05) is 7.11 Å². The van der Waals surface area contributed by atoms with Crippen molar-refractivity contribution in [3.8, 4) is 17.0 Å². The average Bonchev–Trinajstić information content (AvgIpc) is 2.59. The van der Waals surface area contributed by atoms with Gasteiger partial charge in [0.15, 0.2) is 5.65 Å². The van der Waals surface area contributed by atoms with E-state index < -0.39 is 10.2 Å². The number of ether oxygens (including phenoxy) is 1. The van der Waals surface area contributed by atoms with Crippen LogP contribution in [0.25, 0.3) is 22.2 Å². The molecule has 7 nitrogen and oxygen atoms in total. The summed E-state index contributed by atoms with van der Waals surface area (Å²) in [6.07, 6.45) is 1.70. The number of aromatic nitrogens is 2. The molecule has 1 aromatic carbocycles. The molecular weight excluding hydrogens is 328 g/mol. The molecule has 3 aromatic rings.